The Kier molecular flexibility index (Phi) is 9.84. The number of hydrogen-bond acceptors (Lipinski definition) is 7. The van der Waals surface area contributed by atoms with Crippen molar-refractivity contribution in [2.24, 2.45) is 0 Å². The van der Waals surface area contributed by atoms with Crippen LogP contribution < -0.4 is 14.2 Å². The van der Waals surface area contributed by atoms with Crippen molar-refractivity contribution >= 4 is 33.7 Å². The van der Waals surface area contributed by atoms with Gasteiger partial charge < -0.3 is 34.0 Å². The van der Waals surface area contributed by atoms with Crippen LogP contribution in [0.25, 0.3) is 44.8 Å². The van der Waals surface area contributed by atoms with E-state index in [-0.39, 0.29) is 0 Å². The number of ether oxygens (including phenoxy) is 3. The minimum Gasteiger partial charge on any atom is -0.493 e. The molecule has 42 heavy (non-hydrogen) atoms. The maximum atomic E-state index is 6.09. The number of benzene rings is 3. The first-order valence-corrected chi connectivity index (χ1v) is 14.8. The second-order valence-electron chi connectivity index (χ2n) is 10.8. The molecule has 5 aromatic rings. The fourth-order valence-corrected chi connectivity index (χ4v) is 4.77. The molecule has 222 valence electrons. The molecule has 2 heterocycles. The largest absolute Gasteiger partial charge is 0.493 e. The summed E-state index contributed by atoms with van der Waals surface area (Å²) in [4.78, 5) is 20.8. The minimum absolute atomic E-state index is 0.373. The molecule has 0 aliphatic rings. The van der Waals surface area contributed by atoms with Crippen molar-refractivity contribution in [2.45, 2.75) is 12.8 Å². The predicted molar refractivity (Wildman–Crippen MR) is 170 cm³/mol. The van der Waals surface area contributed by atoms with E-state index in [1.165, 1.54) is 0 Å². The molecular weight excluding hydrogens is 552 g/mol. The van der Waals surface area contributed by atoms with Crippen LogP contribution in [0.4, 0.5) is 0 Å². The summed E-state index contributed by atoms with van der Waals surface area (Å²) in [6, 6.07) is 17.8. The van der Waals surface area contributed by atoms with Crippen LogP contribution in [-0.4, -0.2) is 96.7 Å². The van der Waals surface area contributed by atoms with E-state index >= 15 is 0 Å². The highest BCUT2D eigenvalue weighted by atomic mass is 35.5. The number of aromatic nitrogens is 4. The molecule has 10 heteroatoms. The summed E-state index contributed by atoms with van der Waals surface area (Å²) < 4.78 is 18.0. The van der Waals surface area contributed by atoms with Gasteiger partial charge in [0, 0.05) is 30.8 Å². The number of fused-ring (bicyclic) bond motifs is 2. The van der Waals surface area contributed by atoms with Crippen molar-refractivity contribution in [3.63, 3.8) is 0 Å². The lowest BCUT2D eigenvalue weighted by Gasteiger charge is -2.10. The number of alkyl halides is 1. The average Bonchev–Trinajstić information content (AvgIpc) is 3.60. The van der Waals surface area contributed by atoms with Gasteiger partial charge in [0.2, 0.25) is 0 Å². The lowest BCUT2D eigenvalue weighted by Crippen LogP contribution is -2.15. The van der Waals surface area contributed by atoms with Crippen LogP contribution in [0.3, 0.4) is 0 Å². The Hall–Kier alpha value is -3.79. The van der Waals surface area contributed by atoms with Gasteiger partial charge in [-0.1, -0.05) is 6.07 Å². The van der Waals surface area contributed by atoms with E-state index in [1.807, 2.05) is 54.6 Å². The Morgan fingerprint density at radius 3 is 1.81 bits per heavy atom. The summed E-state index contributed by atoms with van der Waals surface area (Å²) in [5.41, 5.74) is 5.29. The van der Waals surface area contributed by atoms with E-state index in [2.05, 4.69) is 48.0 Å². The second-order valence-corrected chi connectivity index (χ2v) is 11.2. The van der Waals surface area contributed by atoms with E-state index in [9.17, 15) is 0 Å². The standard InChI is InChI=1S/C32H39ClN6O3/c1-38(2)14-5-16-40-23-8-11-26-28(20-23)36-31(34-26)22-7-10-25(30(19-22)42-18-13-33)32-35-27-12-9-24(21-29(27)37-32)41-17-6-15-39(3)4/h7-12,19-21H,5-6,13-18H2,1-4H3,(H,34,36)(H,35,37). The van der Waals surface area contributed by atoms with Crippen molar-refractivity contribution < 1.29 is 14.2 Å². The van der Waals surface area contributed by atoms with E-state index in [4.69, 9.17) is 35.8 Å². The molecule has 9 nitrogen and oxygen atoms in total. The third-order valence-electron chi connectivity index (χ3n) is 6.79. The van der Waals surface area contributed by atoms with Gasteiger partial charge in [0.25, 0.3) is 0 Å². The Morgan fingerprint density at radius 2 is 1.24 bits per heavy atom. The van der Waals surface area contributed by atoms with Gasteiger partial charge in [-0.25, -0.2) is 9.97 Å². The minimum atomic E-state index is 0.373. The SMILES string of the molecule is CN(C)CCCOc1ccc2nc(-c3ccc(-c4nc5ccc(OCCCN(C)C)cc5[nH]4)c(OCCCl)c3)[nH]c2c1. The highest BCUT2D eigenvalue weighted by molar-refractivity contribution is 6.18. The summed E-state index contributed by atoms with van der Waals surface area (Å²) in [5.74, 6) is 4.16. The zero-order valence-electron chi connectivity index (χ0n) is 24.7. The van der Waals surface area contributed by atoms with E-state index in [0.717, 1.165) is 76.4 Å². The summed E-state index contributed by atoms with van der Waals surface area (Å²) in [6.45, 7) is 3.67. The Balaban J connectivity index is 1.36. The predicted octanol–water partition coefficient (Wildman–Crippen LogP) is 6.05. The van der Waals surface area contributed by atoms with E-state index in [1.54, 1.807) is 0 Å². The lowest BCUT2D eigenvalue weighted by atomic mass is 10.1. The van der Waals surface area contributed by atoms with Gasteiger partial charge in [-0.2, -0.15) is 0 Å². The van der Waals surface area contributed by atoms with Gasteiger partial charge in [0.15, 0.2) is 0 Å². The molecule has 3 aromatic carbocycles. The van der Waals surface area contributed by atoms with Crippen LogP contribution in [0, 0.1) is 0 Å². The highest BCUT2D eigenvalue weighted by Crippen LogP contribution is 2.35. The molecule has 0 radical (unpaired) electrons. The summed E-state index contributed by atoms with van der Waals surface area (Å²) in [5, 5.41) is 0. The van der Waals surface area contributed by atoms with Crippen LogP contribution in [0.5, 0.6) is 17.2 Å². The smallest absolute Gasteiger partial charge is 0.142 e. The number of hydrogen-bond donors (Lipinski definition) is 2. The Labute approximate surface area is 251 Å². The molecule has 2 aromatic heterocycles. The molecular formula is C32H39ClN6O3. The van der Waals surface area contributed by atoms with Crippen LogP contribution in [0.2, 0.25) is 0 Å². The second kappa shape index (κ2) is 13.9. The van der Waals surface area contributed by atoms with Crippen LogP contribution in [0.1, 0.15) is 12.8 Å². The Bertz CT molecular complexity index is 1610. The summed E-state index contributed by atoms with van der Waals surface area (Å²) in [6.07, 6.45) is 1.93. The quantitative estimate of drug-likeness (QED) is 0.113. The molecule has 0 saturated heterocycles. The van der Waals surface area contributed by atoms with Crippen LogP contribution in [0.15, 0.2) is 54.6 Å². The van der Waals surface area contributed by atoms with Gasteiger partial charge in [0.1, 0.15) is 35.5 Å². The molecule has 0 fully saturated rings. The molecule has 5 rings (SSSR count). The third-order valence-corrected chi connectivity index (χ3v) is 6.94. The van der Waals surface area contributed by atoms with Gasteiger partial charge >= 0.3 is 0 Å². The van der Waals surface area contributed by atoms with Gasteiger partial charge in [-0.15, -0.1) is 11.6 Å². The fourth-order valence-electron chi connectivity index (χ4n) is 4.70. The first kappa shape index (κ1) is 29.7. The number of halogens is 1. The molecule has 2 N–H and O–H groups in total. The summed E-state index contributed by atoms with van der Waals surface area (Å²) in [7, 11) is 8.25. The number of rotatable bonds is 15. The summed E-state index contributed by atoms with van der Waals surface area (Å²) >= 11 is 5.99. The molecule has 0 aliphatic heterocycles. The van der Waals surface area contributed by atoms with E-state index < -0.39 is 0 Å². The van der Waals surface area contributed by atoms with Crippen LogP contribution >= 0.6 is 11.6 Å². The van der Waals surface area contributed by atoms with Crippen molar-refractivity contribution in [1.29, 1.82) is 0 Å². The topological polar surface area (TPSA) is 91.5 Å². The number of H-pyrrole nitrogens is 2. The van der Waals surface area contributed by atoms with Gasteiger partial charge in [0.05, 0.1) is 46.7 Å². The lowest BCUT2D eigenvalue weighted by molar-refractivity contribution is 0.282. The maximum absolute atomic E-state index is 6.09. The number of aromatic amines is 2. The molecule has 0 unspecified atom stereocenters. The monoisotopic (exact) mass is 590 g/mol. The van der Waals surface area contributed by atoms with Crippen molar-refractivity contribution in [3.05, 3.63) is 54.6 Å². The molecule has 0 spiro atoms. The zero-order chi connectivity index (χ0) is 29.5. The molecule has 0 saturated carbocycles. The maximum Gasteiger partial charge on any atom is 0.142 e. The third kappa shape index (κ3) is 7.53. The molecule has 0 atom stereocenters. The number of imidazole rings is 2. The van der Waals surface area contributed by atoms with Crippen molar-refractivity contribution in [1.82, 2.24) is 29.7 Å². The normalized spacial score (nSPS) is 11.7. The van der Waals surface area contributed by atoms with Crippen molar-refractivity contribution in [3.8, 4) is 40.0 Å². The molecule has 0 amide bonds. The number of nitrogens with zero attached hydrogens (tertiary/aromatic N) is 4. The number of nitrogens with one attached hydrogen (secondary N) is 2. The van der Waals surface area contributed by atoms with E-state index in [0.29, 0.717) is 37.3 Å². The molecule has 0 aliphatic carbocycles. The zero-order valence-corrected chi connectivity index (χ0v) is 25.5. The first-order valence-electron chi connectivity index (χ1n) is 14.3. The first-order chi connectivity index (χ1) is 20.4. The molecule has 0 bridgehead atoms. The fraction of sp³-hybridized carbons (Fsp3) is 0.375. The Morgan fingerprint density at radius 1 is 0.667 bits per heavy atom. The van der Waals surface area contributed by atoms with Crippen molar-refractivity contribution in [2.75, 3.05) is 67.0 Å². The van der Waals surface area contributed by atoms with Gasteiger partial charge in [-0.05, 0) is 77.4 Å². The van der Waals surface area contributed by atoms with Gasteiger partial charge in [-0.3, -0.25) is 0 Å². The van der Waals surface area contributed by atoms with Crippen LogP contribution in [-0.2, 0) is 0 Å². The highest BCUT2D eigenvalue weighted by Gasteiger charge is 2.15. The average molecular weight is 591 g/mol.